The van der Waals surface area contributed by atoms with Crippen LogP contribution in [0.25, 0.3) is 0 Å². The van der Waals surface area contributed by atoms with Crippen molar-refractivity contribution in [3.05, 3.63) is 0 Å². The van der Waals surface area contributed by atoms with Crippen molar-refractivity contribution in [2.75, 3.05) is 13.1 Å². The lowest BCUT2D eigenvalue weighted by Crippen LogP contribution is -2.40. The van der Waals surface area contributed by atoms with Gasteiger partial charge in [-0.15, -0.1) is 0 Å². The standard InChI is InChI=1S/C10H23N3O/c1-2-9(12)10(14)13-8-6-4-3-5-7-11/h9H,2-8,11-12H2,1H3,(H,13,14)/t9-/m1/s1. The SMILES string of the molecule is CC[C@@H](N)C(=O)NCCCCCCN. The van der Waals surface area contributed by atoms with Gasteiger partial charge in [0.25, 0.3) is 0 Å². The maximum atomic E-state index is 11.2. The van der Waals surface area contributed by atoms with Crippen molar-refractivity contribution in [3.63, 3.8) is 0 Å². The number of carbonyl (C=O) groups excluding carboxylic acids is 1. The highest BCUT2D eigenvalue weighted by Gasteiger charge is 2.08. The van der Waals surface area contributed by atoms with Crippen molar-refractivity contribution < 1.29 is 4.79 Å². The third kappa shape index (κ3) is 6.86. The fourth-order valence-electron chi connectivity index (χ4n) is 1.15. The van der Waals surface area contributed by atoms with E-state index in [2.05, 4.69) is 5.32 Å². The zero-order valence-electron chi connectivity index (χ0n) is 9.09. The van der Waals surface area contributed by atoms with E-state index in [1.165, 1.54) is 0 Å². The molecule has 0 bridgehead atoms. The van der Waals surface area contributed by atoms with Gasteiger partial charge in [-0.3, -0.25) is 4.79 Å². The average Bonchev–Trinajstić information content (AvgIpc) is 2.21. The Balaban J connectivity index is 3.23. The van der Waals surface area contributed by atoms with E-state index in [4.69, 9.17) is 11.5 Å². The lowest BCUT2D eigenvalue weighted by molar-refractivity contribution is -0.122. The lowest BCUT2D eigenvalue weighted by atomic mass is 10.2. The van der Waals surface area contributed by atoms with Crippen molar-refractivity contribution >= 4 is 5.91 Å². The molecule has 0 radical (unpaired) electrons. The average molecular weight is 201 g/mol. The third-order valence-electron chi connectivity index (χ3n) is 2.21. The number of amides is 1. The molecule has 0 spiro atoms. The van der Waals surface area contributed by atoms with Gasteiger partial charge in [0.1, 0.15) is 0 Å². The quantitative estimate of drug-likeness (QED) is 0.496. The van der Waals surface area contributed by atoms with Crippen LogP contribution in [0.1, 0.15) is 39.0 Å². The molecular weight excluding hydrogens is 178 g/mol. The second-order valence-electron chi connectivity index (χ2n) is 3.51. The maximum absolute atomic E-state index is 11.2. The van der Waals surface area contributed by atoms with E-state index in [1.807, 2.05) is 6.92 Å². The predicted molar refractivity (Wildman–Crippen MR) is 58.8 cm³/mol. The van der Waals surface area contributed by atoms with Crippen LogP contribution in [-0.2, 0) is 4.79 Å². The van der Waals surface area contributed by atoms with Crippen LogP contribution in [0.3, 0.4) is 0 Å². The summed E-state index contributed by atoms with van der Waals surface area (Å²) < 4.78 is 0. The molecule has 1 amide bonds. The van der Waals surface area contributed by atoms with Crippen LogP contribution in [0.15, 0.2) is 0 Å². The Kier molecular flexibility index (Phi) is 8.57. The molecule has 14 heavy (non-hydrogen) atoms. The highest BCUT2D eigenvalue weighted by Crippen LogP contribution is 1.97. The molecule has 0 aromatic rings. The van der Waals surface area contributed by atoms with Crippen LogP contribution in [-0.4, -0.2) is 25.0 Å². The van der Waals surface area contributed by atoms with E-state index >= 15 is 0 Å². The van der Waals surface area contributed by atoms with Gasteiger partial charge in [-0.2, -0.15) is 0 Å². The predicted octanol–water partition coefficient (Wildman–Crippen LogP) is 0.359. The zero-order chi connectivity index (χ0) is 10.8. The Morgan fingerprint density at radius 1 is 1.29 bits per heavy atom. The minimum atomic E-state index is -0.348. The van der Waals surface area contributed by atoms with Gasteiger partial charge in [-0.1, -0.05) is 19.8 Å². The van der Waals surface area contributed by atoms with Crippen LogP contribution in [0, 0.1) is 0 Å². The van der Waals surface area contributed by atoms with E-state index in [9.17, 15) is 4.79 Å². The normalized spacial score (nSPS) is 12.5. The van der Waals surface area contributed by atoms with Gasteiger partial charge in [-0.25, -0.2) is 0 Å². The number of unbranched alkanes of at least 4 members (excludes halogenated alkanes) is 3. The van der Waals surface area contributed by atoms with E-state index in [0.717, 1.165) is 38.8 Å². The molecule has 0 unspecified atom stereocenters. The largest absolute Gasteiger partial charge is 0.355 e. The molecule has 5 N–H and O–H groups in total. The second-order valence-corrected chi connectivity index (χ2v) is 3.51. The number of hydrogen-bond donors (Lipinski definition) is 3. The Bertz CT molecular complexity index is 150. The van der Waals surface area contributed by atoms with Crippen molar-refractivity contribution in [2.45, 2.75) is 45.1 Å². The molecule has 0 fully saturated rings. The van der Waals surface area contributed by atoms with E-state index in [-0.39, 0.29) is 11.9 Å². The zero-order valence-corrected chi connectivity index (χ0v) is 9.09. The summed E-state index contributed by atoms with van der Waals surface area (Å²) in [6, 6.07) is -0.348. The molecule has 0 aliphatic heterocycles. The summed E-state index contributed by atoms with van der Waals surface area (Å²) in [6.07, 6.45) is 5.05. The highest BCUT2D eigenvalue weighted by molar-refractivity contribution is 5.81. The monoisotopic (exact) mass is 201 g/mol. The summed E-state index contributed by atoms with van der Waals surface area (Å²) in [5.74, 6) is -0.0358. The third-order valence-corrected chi connectivity index (χ3v) is 2.21. The van der Waals surface area contributed by atoms with Crippen LogP contribution in [0.5, 0.6) is 0 Å². The van der Waals surface area contributed by atoms with Gasteiger partial charge in [0.15, 0.2) is 0 Å². The molecule has 0 aromatic carbocycles. The molecule has 0 heterocycles. The first-order valence-corrected chi connectivity index (χ1v) is 5.45. The van der Waals surface area contributed by atoms with Gasteiger partial charge in [0.05, 0.1) is 6.04 Å². The molecule has 1 atom stereocenters. The van der Waals surface area contributed by atoms with E-state index in [1.54, 1.807) is 0 Å². The Morgan fingerprint density at radius 3 is 2.50 bits per heavy atom. The van der Waals surface area contributed by atoms with Crippen molar-refractivity contribution in [1.82, 2.24) is 5.32 Å². The van der Waals surface area contributed by atoms with Crippen LogP contribution >= 0.6 is 0 Å². The van der Waals surface area contributed by atoms with Gasteiger partial charge < -0.3 is 16.8 Å². The molecule has 0 saturated carbocycles. The minimum Gasteiger partial charge on any atom is -0.355 e. The second kappa shape index (κ2) is 8.97. The number of hydrogen-bond acceptors (Lipinski definition) is 3. The maximum Gasteiger partial charge on any atom is 0.236 e. The molecule has 0 aromatic heterocycles. The molecule has 0 aliphatic carbocycles. The smallest absolute Gasteiger partial charge is 0.236 e. The Labute approximate surface area is 86.4 Å². The molecule has 0 aliphatic rings. The fraction of sp³-hybridized carbons (Fsp3) is 0.900. The molecule has 0 rings (SSSR count). The summed E-state index contributed by atoms with van der Waals surface area (Å²) in [6.45, 7) is 3.40. The molecule has 4 nitrogen and oxygen atoms in total. The Hall–Kier alpha value is -0.610. The van der Waals surface area contributed by atoms with Crippen LogP contribution in [0.4, 0.5) is 0 Å². The number of rotatable bonds is 8. The van der Waals surface area contributed by atoms with Gasteiger partial charge >= 0.3 is 0 Å². The first-order valence-electron chi connectivity index (χ1n) is 5.45. The number of nitrogens with one attached hydrogen (secondary N) is 1. The molecule has 84 valence electrons. The van der Waals surface area contributed by atoms with Crippen LogP contribution in [0.2, 0.25) is 0 Å². The van der Waals surface area contributed by atoms with E-state index in [0.29, 0.717) is 6.42 Å². The first-order chi connectivity index (χ1) is 6.72. The molecule has 4 heteroatoms. The summed E-state index contributed by atoms with van der Waals surface area (Å²) in [7, 11) is 0. The Morgan fingerprint density at radius 2 is 1.93 bits per heavy atom. The van der Waals surface area contributed by atoms with Gasteiger partial charge in [-0.05, 0) is 25.8 Å². The van der Waals surface area contributed by atoms with Crippen molar-refractivity contribution in [2.24, 2.45) is 11.5 Å². The minimum absolute atomic E-state index is 0.0358. The van der Waals surface area contributed by atoms with Crippen LogP contribution < -0.4 is 16.8 Å². The number of nitrogens with two attached hydrogens (primary N) is 2. The lowest BCUT2D eigenvalue weighted by Gasteiger charge is -2.09. The number of carbonyl (C=O) groups is 1. The summed E-state index contributed by atoms with van der Waals surface area (Å²) in [5.41, 5.74) is 10.9. The summed E-state index contributed by atoms with van der Waals surface area (Å²) >= 11 is 0. The summed E-state index contributed by atoms with van der Waals surface area (Å²) in [5, 5.41) is 2.82. The van der Waals surface area contributed by atoms with Crippen molar-refractivity contribution in [3.8, 4) is 0 Å². The molecular formula is C10H23N3O. The summed E-state index contributed by atoms with van der Waals surface area (Å²) in [4.78, 5) is 11.2. The first kappa shape index (κ1) is 13.4. The van der Waals surface area contributed by atoms with Gasteiger partial charge in [0, 0.05) is 6.54 Å². The topological polar surface area (TPSA) is 81.1 Å². The van der Waals surface area contributed by atoms with E-state index < -0.39 is 0 Å². The molecule has 0 saturated heterocycles. The van der Waals surface area contributed by atoms with Crippen molar-refractivity contribution in [1.29, 1.82) is 0 Å². The fourth-order valence-corrected chi connectivity index (χ4v) is 1.15. The van der Waals surface area contributed by atoms with Gasteiger partial charge in [0.2, 0.25) is 5.91 Å². The highest BCUT2D eigenvalue weighted by atomic mass is 16.2.